The van der Waals surface area contributed by atoms with Crippen LogP contribution >= 0.6 is 11.6 Å². The highest BCUT2D eigenvalue weighted by Gasteiger charge is 2.35. The standard InChI is InChI=1S/C21H16ClF4N3O6/c1-3-33-19(31)10-34-16-9-27-5-4-14(16)35-15-7-13(12(23)6-11(15)22)29-18(30)8-17(21(24,25)26)28(2)20(29)32/h4-9H,3,10H2,1-2H3. The average Bonchev–Trinajstić information content (AvgIpc) is 2.78. The Labute approximate surface area is 199 Å². The number of nitrogens with zero attached hydrogens (tertiary/aromatic N) is 3. The van der Waals surface area contributed by atoms with Gasteiger partial charge in [-0.15, -0.1) is 0 Å². The molecule has 3 aromatic rings. The van der Waals surface area contributed by atoms with Gasteiger partial charge in [0.25, 0.3) is 5.56 Å². The first kappa shape index (κ1) is 25.7. The number of rotatable bonds is 7. The molecule has 0 spiro atoms. The van der Waals surface area contributed by atoms with Crippen LogP contribution in [-0.4, -0.2) is 33.3 Å². The van der Waals surface area contributed by atoms with Crippen LogP contribution in [-0.2, 0) is 22.8 Å². The molecule has 0 radical (unpaired) electrons. The lowest BCUT2D eigenvalue weighted by Crippen LogP contribution is -2.41. The molecule has 0 aliphatic rings. The summed E-state index contributed by atoms with van der Waals surface area (Å²) in [5.74, 6) is -2.16. The second-order valence-electron chi connectivity index (χ2n) is 6.79. The van der Waals surface area contributed by atoms with Crippen molar-refractivity contribution in [1.29, 1.82) is 0 Å². The molecule has 0 aliphatic heterocycles. The topological polar surface area (TPSA) is 102 Å². The summed E-state index contributed by atoms with van der Waals surface area (Å²) in [6, 6.07) is 3.07. The number of benzene rings is 1. The number of aromatic nitrogens is 3. The minimum atomic E-state index is -4.99. The third-order valence-corrected chi connectivity index (χ3v) is 4.77. The third kappa shape index (κ3) is 5.62. The average molecular weight is 518 g/mol. The number of carbonyl (C=O) groups excluding carboxylic acids is 1. The van der Waals surface area contributed by atoms with E-state index in [0.29, 0.717) is 0 Å². The number of hydrogen-bond donors (Lipinski definition) is 0. The summed E-state index contributed by atoms with van der Waals surface area (Å²) >= 11 is 6.04. The highest BCUT2D eigenvalue weighted by atomic mass is 35.5. The molecule has 0 fully saturated rings. The molecule has 2 aromatic heterocycles. The van der Waals surface area contributed by atoms with Crippen LogP contribution in [0.15, 0.2) is 46.2 Å². The third-order valence-electron chi connectivity index (χ3n) is 4.47. The Balaban J connectivity index is 2.05. The van der Waals surface area contributed by atoms with Gasteiger partial charge >= 0.3 is 17.8 Å². The molecule has 0 saturated carbocycles. The summed E-state index contributed by atoms with van der Waals surface area (Å²) in [5, 5.41) is -0.295. The molecule has 0 atom stereocenters. The first-order chi connectivity index (χ1) is 16.4. The van der Waals surface area contributed by atoms with Gasteiger partial charge in [0.05, 0.1) is 23.5 Å². The van der Waals surface area contributed by atoms with E-state index < -0.39 is 47.2 Å². The number of hydrogen-bond acceptors (Lipinski definition) is 7. The Bertz CT molecular complexity index is 1390. The van der Waals surface area contributed by atoms with E-state index in [1.54, 1.807) is 6.92 Å². The molecular formula is C21H16ClF4N3O6. The number of alkyl halides is 3. The summed E-state index contributed by atoms with van der Waals surface area (Å²) in [6.45, 7) is 1.27. The molecule has 2 heterocycles. The van der Waals surface area contributed by atoms with Crippen LogP contribution in [0.3, 0.4) is 0 Å². The fraction of sp³-hybridized carbons (Fsp3) is 0.238. The van der Waals surface area contributed by atoms with Crippen LogP contribution in [0.1, 0.15) is 12.6 Å². The number of esters is 1. The summed E-state index contributed by atoms with van der Waals surface area (Å²) in [7, 11) is 0.788. The molecule has 3 rings (SSSR count). The van der Waals surface area contributed by atoms with Crippen molar-refractivity contribution in [3.63, 3.8) is 0 Å². The van der Waals surface area contributed by atoms with E-state index in [1.807, 2.05) is 0 Å². The molecule has 0 amide bonds. The van der Waals surface area contributed by atoms with Gasteiger partial charge in [0.2, 0.25) is 0 Å². The number of halogens is 5. The minimum Gasteiger partial charge on any atom is -0.476 e. The molecule has 9 nitrogen and oxygen atoms in total. The molecule has 186 valence electrons. The van der Waals surface area contributed by atoms with E-state index in [0.717, 1.165) is 19.2 Å². The van der Waals surface area contributed by atoms with Gasteiger partial charge in [-0.25, -0.2) is 18.5 Å². The van der Waals surface area contributed by atoms with Crippen LogP contribution in [0.2, 0.25) is 5.02 Å². The van der Waals surface area contributed by atoms with E-state index in [4.69, 9.17) is 25.8 Å². The maximum atomic E-state index is 14.7. The van der Waals surface area contributed by atoms with Crippen LogP contribution in [0.5, 0.6) is 17.2 Å². The van der Waals surface area contributed by atoms with Gasteiger partial charge in [-0.2, -0.15) is 13.2 Å². The SMILES string of the molecule is CCOC(=O)COc1cnccc1Oc1cc(-n2c(=O)cc(C(F)(F)F)n(C)c2=O)c(F)cc1Cl. The Kier molecular flexibility index (Phi) is 7.48. The van der Waals surface area contributed by atoms with Gasteiger partial charge in [-0.3, -0.25) is 14.3 Å². The molecule has 0 saturated heterocycles. The van der Waals surface area contributed by atoms with Crippen molar-refractivity contribution in [2.45, 2.75) is 13.1 Å². The Morgan fingerprint density at radius 3 is 2.51 bits per heavy atom. The number of ether oxygens (including phenoxy) is 3. The van der Waals surface area contributed by atoms with Gasteiger partial charge in [-0.1, -0.05) is 11.6 Å². The van der Waals surface area contributed by atoms with E-state index >= 15 is 0 Å². The second kappa shape index (κ2) is 10.2. The normalized spacial score (nSPS) is 11.3. The van der Waals surface area contributed by atoms with Gasteiger partial charge in [0.1, 0.15) is 17.3 Å². The van der Waals surface area contributed by atoms with E-state index in [9.17, 15) is 31.9 Å². The van der Waals surface area contributed by atoms with Crippen molar-refractivity contribution in [2.24, 2.45) is 7.05 Å². The molecule has 0 aliphatic carbocycles. The fourth-order valence-corrected chi connectivity index (χ4v) is 3.09. The van der Waals surface area contributed by atoms with Crippen molar-refractivity contribution >= 4 is 17.6 Å². The van der Waals surface area contributed by atoms with E-state index in [1.165, 1.54) is 18.5 Å². The highest BCUT2D eigenvalue weighted by molar-refractivity contribution is 6.32. The van der Waals surface area contributed by atoms with Crippen LogP contribution in [0, 0.1) is 5.82 Å². The number of pyridine rings is 1. The zero-order valence-electron chi connectivity index (χ0n) is 18.1. The van der Waals surface area contributed by atoms with Gasteiger partial charge in [-0.05, 0) is 13.0 Å². The molecule has 0 bridgehead atoms. The minimum absolute atomic E-state index is 0.0231. The van der Waals surface area contributed by atoms with Crippen LogP contribution in [0.25, 0.3) is 5.69 Å². The maximum Gasteiger partial charge on any atom is 0.431 e. The van der Waals surface area contributed by atoms with Crippen LogP contribution < -0.4 is 20.7 Å². The fourth-order valence-electron chi connectivity index (χ4n) is 2.91. The van der Waals surface area contributed by atoms with E-state index in [2.05, 4.69) is 4.98 Å². The number of carbonyl (C=O) groups is 1. The highest BCUT2D eigenvalue weighted by Crippen LogP contribution is 2.36. The predicted octanol–water partition coefficient (Wildman–Crippen LogP) is 3.48. The Morgan fingerprint density at radius 1 is 1.14 bits per heavy atom. The Hall–Kier alpha value is -3.87. The summed E-state index contributed by atoms with van der Waals surface area (Å²) < 4.78 is 70.1. The van der Waals surface area contributed by atoms with Gasteiger partial charge in [0, 0.05) is 31.4 Å². The second-order valence-corrected chi connectivity index (χ2v) is 7.20. The maximum absolute atomic E-state index is 14.7. The lowest BCUT2D eigenvalue weighted by Gasteiger charge is -2.16. The first-order valence-corrected chi connectivity index (χ1v) is 10.1. The molecular weight excluding hydrogens is 502 g/mol. The zero-order valence-corrected chi connectivity index (χ0v) is 18.8. The lowest BCUT2D eigenvalue weighted by atomic mass is 10.2. The van der Waals surface area contributed by atoms with Gasteiger partial charge in [0.15, 0.2) is 18.1 Å². The quantitative estimate of drug-likeness (QED) is 0.349. The molecule has 14 heteroatoms. The summed E-state index contributed by atoms with van der Waals surface area (Å²) in [5.41, 5.74) is -5.07. The molecule has 0 N–H and O–H groups in total. The van der Waals surface area contributed by atoms with Crippen molar-refractivity contribution in [3.05, 3.63) is 74.0 Å². The lowest BCUT2D eigenvalue weighted by molar-refractivity contribution is -0.145. The smallest absolute Gasteiger partial charge is 0.431 e. The van der Waals surface area contributed by atoms with Crippen LogP contribution in [0.4, 0.5) is 17.6 Å². The predicted molar refractivity (Wildman–Crippen MR) is 114 cm³/mol. The van der Waals surface area contributed by atoms with Crippen molar-refractivity contribution in [2.75, 3.05) is 13.2 Å². The van der Waals surface area contributed by atoms with E-state index in [-0.39, 0.29) is 44.1 Å². The largest absolute Gasteiger partial charge is 0.476 e. The zero-order chi connectivity index (χ0) is 25.9. The van der Waals surface area contributed by atoms with Gasteiger partial charge < -0.3 is 14.2 Å². The summed E-state index contributed by atoms with van der Waals surface area (Å²) in [4.78, 5) is 40.3. The van der Waals surface area contributed by atoms with Crippen molar-refractivity contribution < 1.29 is 36.6 Å². The molecule has 35 heavy (non-hydrogen) atoms. The first-order valence-electron chi connectivity index (χ1n) is 9.74. The molecule has 0 unspecified atom stereocenters. The summed E-state index contributed by atoms with van der Waals surface area (Å²) in [6.07, 6.45) is -2.47. The van der Waals surface area contributed by atoms with Crippen molar-refractivity contribution in [1.82, 2.24) is 14.1 Å². The monoisotopic (exact) mass is 517 g/mol. The van der Waals surface area contributed by atoms with Crippen molar-refractivity contribution in [3.8, 4) is 22.9 Å². The Morgan fingerprint density at radius 2 is 1.86 bits per heavy atom. The molecule has 1 aromatic carbocycles.